The van der Waals surface area contributed by atoms with Crippen LogP contribution >= 0.6 is 0 Å². The quantitative estimate of drug-likeness (QED) is 0.874. The number of halogens is 3. The number of carbonyl (C=O) groups is 1. The van der Waals surface area contributed by atoms with E-state index in [0.717, 1.165) is 37.7 Å². The van der Waals surface area contributed by atoms with Gasteiger partial charge in [-0.2, -0.15) is 0 Å². The average molecular weight is 336 g/mol. The summed E-state index contributed by atoms with van der Waals surface area (Å²) in [4.78, 5) is 21.9. The molecule has 5 nitrogen and oxygen atoms in total. The molecule has 3 rings (SSSR count). The van der Waals surface area contributed by atoms with Gasteiger partial charge >= 0.3 is 0 Å². The topological polar surface area (TPSA) is 58.1 Å². The molecule has 0 saturated carbocycles. The first kappa shape index (κ1) is 16.2. The molecule has 1 saturated heterocycles. The van der Waals surface area contributed by atoms with E-state index >= 15 is 0 Å². The smallest absolute Gasteiger partial charge is 0.272 e. The van der Waals surface area contributed by atoms with Gasteiger partial charge in [-0.25, -0.2) is 23.1 Å². The third kappa shape index (κ3) is 3.32. The summed E-state index contributed by atoms with van der Waals surface area (Å²) in [7, 11) is 0. The van der Waals surface area contributed by atoms with Crippen LogP contribution in [0.5, 0.6) is 0 Å². The molecule has 0 bridgehead atoms. The van der Waals surface area contributed by atoms with E-state index in [-0.39, 0.29) is 23.1 Å². The van der Waals surface area contributed by atoms with Crippen LogP contribution in [-0.4, -0.2) is 33.9 Å². The van der Waals surface area contributed by atoms with Crippen molar-refractivity contribution in [2.24, 2.45) is 0 Å². The van der Waals surface area contributed by atoms with Crippen LogP contribution in [0.2, 0.25) is 0 Å². The molecule has 24 heavy (non-hydrogen) atoms. The Balaban J connectivity index is 1.80. The lowest BCUT2D eigenvalue weighted by Gasteiger charge is -2.26. The first-order valence-corrected chi connectivity index (χ1v) is 7.58. The number of piperidine rings is 1. The van der Waals surface area contributed by atoms with Crippen LogP contribution in [0.15, 0.2) is 24.5 Å². The van der Waals surface area contributed by atoms with Crippen molar-refractivity contribution >= 4 is 17.4 Å². The second kappa shape index (κ2) is 6.86. The van der Waals surface area contributed by atoms with Crippen LogP contribution in [0.4, 0.5) is 24.7 Å². The van der Waals surface area contributed by atoms with Crippen molar-refractivity contribution in [3.63, 3.8) is 0 Å². The maximum Gasteiger partial charge on any atom is 0.272 e. The first-order valence-electron chi connectivity index (χ1n) is 7.58. The Kier molecular flexibility index (Phi) is 4.64. The summed E-state index contributed by atoms with van der Waals surface area (Å²) in [5, 5.41) is 2.53. The maximum atomic E-state index is 13.7. The molecule has 1 fully saturated rings. The van der Waals surface area contributed by atoms with Gasteiger partial charge in [-0.05, 0) is 31.4 Å². The van der Waals surface area contributed by atoms with E-state index in [2.05, 4.69) is 15.3 Å². The zero-order chi connectivity index (χ0) is 17.1. The van der Waals surface area contributed by atoms with Crippen molar-refractivity contribution in [2.45, 2.75) is 19.3 Å². The van der Waals surface area contributed by atoms with Crippen LogP contribution < -0.4 is 5.32 Å². The fourth-order valence-corrected chi connectivity index (χ4v) is 2.56. The molecule has 0 unspecified atom stereocenters. The predicted octanol–water partition coefficient (Wildman–Crippen LogP) is 3.26. The lowest BCUT2D eigenvalue weighted by molar-refractivity contribution is 0.0718. The zero-order valence-corrected chi connectivity index (χ0v) is 12.7. The molecular formula is C16H15F3N4O. The van der Waals surface area contributed by atoms with E-state index in [0.29, 0.717) is 13.1 Å². The molecule has 1 aromatic heterocycles. The van der Waals surface area contributed by atoms with Gasteiger partial charge in [-0.3, -0.25) is 4.79 Å². The number of nitrogens with zero attached hydrogens (tertiary/aromatic N) is 3. The highest BCUT2D eigenvalue weighted by molar-refractivity contribution is 5.93. The predicted molar refractivity (Wildman–Crippen MR) is 81.4 cm³/mol. The molecule has 126 valence electrons. The van der Waals surface area contributed by atoms with Crippen molar-refractivity contribution in [3.8, 4) is 0 Å². The van der Waals surface area contributed by atoms with Crippen LogP contribution in [0, 0.1) is 17.5 Å². The van der Waals surface area contributed by atoms with E-state index in [1.165, 1.54) is 6.07 Å². The number of likely N-dealkylation sites (tertiary alicyclic amines) is 1. The molecule has 1 aliphatic rings. The highest BCUT2D eigenvalue weighted by Crippen LogP contribution is 2.23. The normalized spacial score (nSPS) is 14.5. The van der Waals surface area contributed by atoms with Gasteiger partial charge in [0, 0.05) is 19.2 Å². The molecule has 1 aromatic carbocycles. The largest absolute Gasteiger partial charge is 0.338 e. The second-order valence-corrected chi connectivity index (χ2v) is 5.49. The zero-order valence-electron chi connectivity index (χ0n) is 12.7. The van der Waals surface area contributed by atoms with E-state index in [1.54, 1.807) is 4.90 Å². The summed E-state index contributed by atoms with van der Waals surface area (Å²) in [6.45, 7) is 1.34. The highest BCUT2D eigenvalue weighted by atomic mass is 19.2. The van der Waals surface area contributed by atoms with Crippen molar-refractivity contribution < 1.29 is 18.0 Å². The molecule has 8 heteroatoms. The molecule has 0 aliphatic carbocycles. The minimum absolute atomic E-state index is 0.121. The Morgan fingerprint density at radius 3 is 2.54 bits per heavy atom. The standard InChI is InChI=1S/C16H15F3N4O/c17-10-4-5-11(15(19)14(10)18)22-13-8-12(20-9-21-13)16(24)23-6-2-1-3-7-23/h4-5,8-9H,1-3,6-7H2,(H,20,21,22). The van der Waals surface area contributed by atoms with E-state index < -0.39 is 17.5 Å². The SMILES string of the molecule is O=C(c1cc(Nc2ccc(F)c(F)c2F)ncn1)N1CCCCC1. The Bertz CT molecular complexity index is 763. The minimum Gasteiger partial charge on any atom is -0.338 e. The molecule has 2 heterocycles. The fraction of sp³-hybridized carbons (Fsp3) is 0.312. The number of amides is 1. The van der Waals surface area contributed by atoms with Gasteiger partial charge in [0.2, 0.25) is 0 Å². The molecule has 0 radical (unpaired) electrons. The van der Waals surface area contributed by atoms with Crippen LogP contribution in [-0.2, 0) is 0 Å². The van der Waals surface area contributed by atoms with E-state index in [1.807, 2.05) is 0 Å². The summed E-state index contributed by atoms with van der Waals surface area (Å²) in [5.74, 6) is -4.31. The monoisotopic (exact) mass is 336 g/mol. The van der Waals surface area contributed by atoms with Gasteiger partial charge in [0.15, 0.2) is 17.5 Å². The van der Waals surface area contributed by atoms with Gasteiger partial charge in [0.25, 0.3) is 5.91 Å². The van der Waals surface area contributed by atoms with Crippen molar-refractivity contribution in [1.82, 2.24) is 14.9 Å². The summed E-state index contributed by atoms with van der Waals surface area (Å²) in [6, 6.07) is 3.22. The molecule has 1 amide bonds. The third-order valence-corrected chi connectivity index (χ3v) is 3.83. The van der Waals surface area contributed by atoms with Gasteiger partial charge in [0.1, 0.15) is 17.8 Å². The number of nitrogens with one attached hydrogen (secondary N) is 1. The first-order chi connectivity index (χ1) is 11.6. The molecule has 1 N–H and O–H groups in total. The number of carbonyl (C=O) groups excluding carboxylic acids is 1. The Labute approximate surface area is 136 Å². The number of hydrogen-bond donors (Lipinski definition) is 1. The summed E-state index contributed by atoms with van der Waals surface area (Å²) in [6.07, 6.45) is 4.15. The Morgan fingerprint density at radius 1 is 1.04 bits per heavy atom. The summed E-state index contributed by atoms with van der Waals surface area (Å²) in [5.41, 5.74) is -0.110. The van der Waals surface area contributed by atoms with Crippen LogP contribution in [0.1, 0.15) is 29.8 Å². The second-order valence-electron chi connectivity index (χ2n) is 5.49. The number of rotatable bonds is 3. The minimum atomic E-state index is -1.57. The number of benzene rings is 1. The third-order valence-electron chi connectivity index (χ3n) is 3.83. The Hall–Kier alpha value is -2.64. The van der Waals surface area contributed by atoms with Gasteiger partial charge < -0.3 is 10.2 Å². The lowest BCUT2D eigenvalue weighted by atomic mass is 10.1. The highest BCUT2D eigenvalue weighted by Gasteiger charge is 2.20. The molecule has 0 atom stereocenters. The lowest BCUT2D eigenvalue weighted by Crippen LogP contribution is -2.36. The van der Waals surface area contributed by atoms with Gasteiger partial charge in [-0.15, -0.1) is 0 Å². The molecule has 0 spiro atoms. The van der Waals surface area contributed by atoms with E-state index in [4.69, 9.17) is 0 Å². The van der Waals surface area contributed by atoms with Gasteiger partial charge in [-0.1, -0.05) is 0 Å². The van der Waals surface area contributed by atoms with Gasteiger partial charge in [0.05, 0.1) is 5.69 Å². The number of hydrogen-bond acceptors (Lipinski definition) is 4. The van der Waals surface area contributed by atoms with Crippen molar-refractivity contribution in [1.29, 1.82) is 0 Å². The summed E-state index contributed by atoms with van der Waals surface area (Å²) < 4.78 is 39.9. The van der Waals surface area contributed by atoms with Crippen LogP contribution in [0.3, 0.4) is 0 Å². The van der Waals surface area contributed by atoms with E-state index in [9.17, 15) is 18.0 Å². The number of aromatic nitrogens is 2. The Morgan fingerprint density at radius 2 is 1.79 bits per heavy atom. The van der Waals surface area contributed by atoms with Crippen LogP contribution in [0.25, 0.3) is 0 Å². The molecule has 2 aromatic rings. The van der Waals surface area contributed by atoms with Crippen molar-refractivity contribution in [3.05, 3.63) is 47.7 Å². The van der Waals surface area contributed by atoms with Crippen molar-refractivity contribution in [2.75, 3.05) is 18.4 Å². The summed E-state index contributed by atoms with van der Waals surface area (Å²) >= 11 is 0. The number of anilines is 2. The average Bonchev–Trinajstić information content (AvgIpc) is 2.62. The molecule has 1 aliphatic heterocycles. The molecular weight excluding hydrogens is 321 g/mol. The fourth-order valence-electron chi connectivity index (χ4n) is 2.56. The maximum absolute atomic E-state index is 13.7.